The zero-order valence-electron chi connectivity index (χ0n) is 12.2. The van der Waals surface area contributed by atoms with E-state index in [0.29, 0.717) is 12.4 Å². The van der Waals surface area contributed by atoms with Gasteiger partial charge in [0, 0.05) is 18.0 Å². The number of aromatic nitrogens is 2. The predicted octanol–water partition coefficient (Wildman–Crippen LogP) is 3.28. The van der Waals surface area contributed by atoms with Crippen molar-refractivity contribution in [1.29, 1.82) is 0 Å². The maximum atomic E-state index is 9.81. The lowest BCUT2D eigenvalue weighted by Gasteiger charge is -2.13. The summed E-state index contributed by atoms with van der Waals surface area (Å²) in [6.45, 7) is 4.12. The third kappa shape index (κ3) is 2.90. The number of pyridine rings is 1. The molecule has 2 heterocycles. The summed E-state index contributed by atoms with van der Waals surface area (Å²) in [4.78, 5) is 4.50. The normalized spacial score (nSPS) is 12.5. The molecule has 0 unspecified atom stereocenters. The molecule has 0 fully saturated rings. The van der Waals surface area contributed by atoms with Crippen LogP contribution in [0.2, 0.25) is 0 Å². The topological polar surface area (TPSA) is 46.8 Å². The summed E-state index contributed by atoms with van der Waals surface area (Å²) in [6.07, 6.45) is 3.36. The van der Waals surface area contributed by atoms with Crippen molar-refractivity contribution in [3.8, 4) is 5.75 Å². The molecule has 0 aliphatic rings. The average Bonchev–Trinajstić information content (AvgIpc) is 2.87. The molecule has 4 heteroatoms. The molecule has 2 aromatic heterocycles. The van der Waals surface area contributed by atoms with Crippen molar-refractivity contribution >= 4 is 5.65 Å². The molecule has 0 saturated carbocycles. The Morgan fingerprint density at radius 2 is 2.14 bits per heavy atom. The minimum atomic E-state index is -0.554. The summed E-state index contributed by atoms with van der Waals surface area (Å²) >= 11 is 0. The molecule has 0 spiro atoms. The molecular formula is C17H18N2O2. The molecular weight excluding hydrogens is 264 g/mol. The predicted molar refractivity (Wildman–Crippen MR) is 81.3 cm³/mol. The van der Waals surface area contributed by atoms with E-state index in [2.05, 4.69) is 4.98 Å². The van der Waals surface area contributed by atoms with Gasteiger partial charge < -0.3 is 14.2 Å². The smallest absolute Gasteiger partial charge is 0.137 e. The summed E-state index contributed by atoms with van der Waals surface area (Å²) in [6, 6.07) is 11.7. The number of rotatable bonds is 4. The van der Waals surface area contributed by atoms with Crippen LogP contribution < -0.4 is 4.74 Å². The highest BCUT2D eigenvalue weighted by atomic mass is 16.5. The van der Waals surface area contributed by atoms with Gasteiger partial charge in [-0.25, -0.2) is 4.98 Å². The quantitative estimate of drug-likeness (QED) is 0.799. The van der Waals surface area contributed by atoms with Crippen LogP contribution in [-0.2, 0) is 6.61 Å². The van der Waals surface area contributed by atoms with Crippen molar-refractivity contribution in [3.05, 3.63) is 65.6 Å². The second-order valence-corrected chi connectivity index (χ2v) is 5.20. The molecule has 0 radical (unpaired) electrons. The number of benzene rings is 1. The highest BCUT2D eigenvalue weighted by Crippen LogP contribution is 2.27. The van der Waals surface area contributed by atoms with Gasteiger partial charge in [0.1, 0.15) is 18.0 Å². The SMILES string of the molecule is Cc1ccc([C@@H](C)O)c(OCc2cn3ccccc3n2)c1. The maximum absolute atomic E-state index is 9.81. The molecule has 0 aliphatic heterocycles. The Labute approximate surface area is 123 Å². The molecule has 4 nitrogen and oxygen atoms in total. The van der Waals surface area contributed by atoms with E-state index in [1.165, 1.54) is 0 Å². The van der Waals surface area contributed by atoms with E-state index >= 15 is 0 Å². The molecule has 3 rings (SSSR count). The number of aryl methyl sites for hydroxylation is 1. The lowest BCUT2D eigenvalue weighted by Crippen LogP contribution is -2.01. The van der Waals surface area contributed by atoms with E-state index in [9.17, 15) is 5.11 Å². The van der Waals surface area contributed by atoms with Crippen LogP contribution in [0, 0.1) is 6.92 Å². The summed E-state index contributed by atoms with van der Waals surface area (Å²) in [5.74, 6) is 0.710. The van der Waals surface area contributed by atoms with Crippen LogP contribution in [-0.4, -0.2) is 14.5 Å². The molecule has 108 valence electrons. The zero-order chi connectivity index (χ0) is 14.8. The van der Waals surface area contributed by atoms with Crippen molar-refractivity contribution in [1.82, 2.24) is 9.38 Å². The fourth-order valence-electron chi connectivity index (χ4n) is 2.32. The van der Waals surface area contributed by atoms with Gasteiger partial charge in [0.25, 0.3) is 0 Å². The molecule has 0 aliphatic carbocycles. The van der Waals surface area contributed by atoms with Gasteiger partial charge in [-0.2, -0.15) is 0 Å². The number of imidazole rings is 1. The highest BCUT2D eigenvalue weighted by molar-refractivity contribution is 5.40. The van der Waals surface area contributed by atoms with Gasteiger partial charge in [0.05, 0.1) is 11.8 Å². The summed E-state index contributed by atoms with van der Waals surface area (Å²) < 4.78 is 7.82. The number of aliphatic hydroxyl groups is 1. The Hall–Kier alpha value is -2.33. The average molecular weight is 282 g/mol. The van der Waals surface area contributed by atoms with Crippen LogP contribution in [0.4, 0.5) is 0 Å². The molecule has 21 heavy (non-hydrogen) atoms. The second-order valence-electron chi connectivity index (χ2n) is 5.20. The molecule has 0 saturated heterocycles. The summed E-state index contributed by atoms with van der Waals surface area (Å²) in [5.41, 5.74) is 3.66. The minimum absolute atomic E-state index is 0.380. The van der Waals surface area contributed by atoms with E-state index in [1.807, 2.05) is 60.1 Å². The first-order chi connectivity index (χ1) is 10.1. The lowest BCUT2D eigenvalue weighted by molar-refractivity contribution is 0.190. The number of fused-ring (bicyclic) bond motifs is 1. The van der Waals surface area contributed by atoms with Crippen molar-refractivity contribution in [2.45, 2.75) is 26.6 Å². The van der Waals surface area contributed by atoms with Gasteiger partial charge in [-0.3, -0.25) is 0 Å². The largest absolute Gasteiger partial charge is 0.487 e. The number of hydrogen-bond donors (Lipinski definition) is 1. The van der Waals surface area contributed by atoms with Crippen LogP contribution >= 0.6 is 0 Å². The third-order valence-corrected chi connectivity index (χ3v) is 3.41. The van der Waals surface area contributed by atoms with E-state index in [0.717, 1.165) is 22.5 Å². The van der Waals surface area contributed by atoms with Gasteiger partial charge in [-0.15, -0.1) is 0 Å². The number of nitrogens with zero attached hydrogens (tertiary/aromatic N) is 2. The minimum Gasteiger partial charge on any atom is -0.487 e. The van der Waals surface area contributed by atoms with E-state index < -0.39 is 6.10 Å². The fourth-order valence-corrected chi connectivity index (χ4v) is 2.32. The van der Waals surface area contributed by atoms with Crippen LogP contribution in [0.1, 0.15) is 29.8 Å². The fraction of sp³-hybridized carbons (Fsp3) is 0.235. The Kier molecular flexibility index (Phi) is 3.62. The molecule has 0 bridgehead atoms. The summed E-state index contributed by atoms with van der Waals surface area (Å²) in [5, 5.41) is 9.81. The first kappa shape index (κ1) is 13.6. The Bertz CT molecular complexity index is 729. The zero-order valence-corrected chi connectivity index (χ0v) is 12.2. The number of hydrogen-bond acceptors (Lipinski definition) is 3. The van der Waals surface area contributed by atoms with E-state index in [-0.39, 0.29) is 0 Å². The lowest BCUT2D eigenvalue weighted by atomic mass is 10.1. The van der Waals surface area contributed by atoms with Crippen molar-refractivity contribution in [2.24, 2.45) is 0 Å². The van der Waals surface area contributed by atoms with E-state index in [1.54, 1.807) is 6.92 Å². The number of aliphatic hydroxyl groups excluding tert-OH is 1. The van der Waals surface area contributed by atoms with Gasteiger partial charge >= 0.3 is 0 Å². The first-order valence-electron chi connectivity index (χ1n) is 6.97. The molecule has 3 aromatic rings. The van der Waals surface area contributed by atoms with Crippen LogP contribution in [0.3, 0.4) is 0 Å². The maximum Gasteiger partial charge on any atom is 0.137 e. The number of ether oxygens (including phenoxy) is 1. The van der Waals surface area contributed by atoms with Crippen molar-refractivity contribution in [2.75, 3.05) is 0 Å². The highest BCUT2D eigenvalue weighted by Gasteiger charge is 2.10. The van der Waals surface area contributed by atoms with Crippen molar-refractivity contribution < 1.29 is 9.84 Å². The third-order valence-electron chi connectivity index (χ3n) is 3.41. The molecule has 1 N–H and O–H groups in total. The van der Waals surface area contributed by atoms with E-state index in [4.69, 9.17) is 4.74 Å². The van der Waals surface area contributed by atoms with Crippen molar-refractivity contribution in [3.63, 3.8) is 0 Å². The molecule has 0 amide bonds. The Balaban J connectivity index is 1.82. The molecule has 1 aromatic carbocycles. The first-order valence-corrected chi connectivity index (χ1v) is 6.97. The second kappa shape index (κ2) is 5.58. The van der Waals surface area contributed by atoms with Gasteiger partial charge in [-0.1, -0.05) is 18.2 Å². The van der Waals surface area contributed by atoms with Gasteiger partial charge in [0.15, 0.2) is 0 Å². The van der Waals surface area contributed by atoms with Gasteiger partial charge in [0.2, 0.25) is 0 Å². The Morgan fingerprint density at radius 1 is 1.29 bits per heavy atom. The van der Waals surface area contributed by atoms with Gasteiger partial charge in [-0.05, 0) is 37.6 Å². The standard InChI is InChI=1S/C17H18N2O2/c1-12-6-7-15(13(2)20)16(9-12)21-11-14-10-19-8-4-3-5-17(19)18-14/h3-10,13,20H,11H2,1-2H3/t13-/m1/s1. The Morgan fingerprint density at radius 3 is 2.90 bits per heavy atom. The van der Waals surface area contributed by atoms with Crippen LogP contribution in [0.25, 0.3) is 5.65 Å². The summed E-state index contributed by atoms with van der Waals surface area (Å²) in [7, 11) is 0. The van der Waals surface area contributed by atoms with Crippen LogP contribution in [0.5, 0.6) is 5.75 Å². The monoisotopic (exact) mass is 282 g/mol. The van der Waals surface area contributed by atoms with Crippen LogP contribution in [0.15, 0.2) is 48.8 Å². The molecule has 1 atom stereocenters.